The Bertz CT molecular complexity index is 1440. The molecule has 7 heteroatoms. The summed E-state index contributed by atoms with van der Waals surface area (Å²) in [6.07, 6.45) is -0.359. The van der Waals surface area contributed by atoms with Gasteiger partial charge in [-0.25, -0.2) is 4.39 Å². The van der Waals surface area contributed by atoms with Crippen LogP contribution in [0.3, 0.4) is 0 Å². The zero-order valence-corrected chi connectivity index (χ0v) is 21.0. The molecule has 0 spiro atoms. The molecule has 2 aliphatic rings. The van der Waals surface area contributed by atoms with Gasteiger partial charge >= 0.3 is 7.12 Å². The minimum absolute atomic E-state index is 0.272. The first-order chi connectivity index (χ1) is 16.0. The number of aryl methyl sites for hydroxylation is 2. The summed E-state index contributed by atoms with van der Waals surface area (Å²) in [4.78, 5) is 2.29. The van der Waals surface area contributed by atoms with E-state index in [0.717, 1.165) is 32.5 Å². The lowest BCUT2D eigenvalue weighted by Gasteiger charge is -2.32. The van der Waals surface area contributed by atoms with Crippen molar-refractivity contribution in [2.45, 2.75) is 59.0 Å². The fourth-order valence-corrected chi connectivity index (χ4v) is 5.72. The van der Waals surface area contributed by atoms with Crippen LogP contribution in [0.25, 0.3) is 22.2 Å². The van der Waals surface area contributed by atoms with Crippen LogP contribution in [-0.2, 0) is 9.31 Å². The van der Waals surface area contributed by atoms with Crippen LogP contribution in [0.5, 0.6) is 5.75 Å². The topological polar surface area (TPSA) is 32.6 Å². The Labute approximate surface area is 203 Å². The third kappa shape index (κ3) is 3.18. The van der Waals surface area contributed by atoms with Gasteiger partial charge in [0.25, 0.3) is 0 Å². The minimum atomic E-state index is -0.454. The molecule has 174 valence electrons. The molecule has 34 heavy (non-hydrogen) atoms. The van der Waals surface area contributed by atoms with Crippen molar-refractivity contribution < 1.29 is 18.4 Å². The summed E-state index contributed by atoms with van der Waals surface area (Å²) in [5.74, 6) is 0.307. The molecule has 1 saturated heterocycles. The predicted octanol–water partition coefficient (Wildman–Crippen LogP) is 6.36. The minimum Gasteiger partial charge on any atom is -0.464 e. The molecule has 4 aromatic rings. The summed E-state index contributed by atoms with van der Waals surface area (Å²) in [5, 5.41) is 0.997. The molecule has 0 N–H and O–H groups in total. The highest BCUT2D eigenvalue weighted by atomic mass is 32.1. The molecule has 0 aliphatic carbocycles. The van der Waals surface area contributed by atoms with Gasteiger partial charge in [0.1, 0.15) is 11.6 Å². The third-order valence-corrected chi connectivity index (χ3v) is 8.35. The van der Waals surface area contributed by atoms with E-state index in [4.69, 9.17) is 14.0 Å². The van der Waals surface area contributed by atoms with Crippen molar-refractivity contribution in [2.24, 2.45) is 0 Å². The van der Waals surface area contributed by atoms with Gasteiger partial charge in [-0.2, -0.15) is 0 Å². The zero-order valence-electron chi connectivity index (χ0n) is 20.2. The maximum absolute atomic E-state index is 15.2. The summed E-state index contributed by atoms with van der Waals surface area (Å²) in [7, 11) is -0.454. The lowest BCUT2D eigenvalue weighted by Crippen LogP contribution is -2.41. The first-order valence-electron chi connectivity index (χ1n) is 11.6. The van der Waals surface area contributed by atoms with Gasteiger partial charge in [-0.1, -0.05) is 12.1 Å². The van der Waals surface area contributed by atoms with Crippen LogP contribution in [-0.4, -0.2) is 22.9 Å². The standard InChI is InChI=1S/C27H27BFNO3S/c1-15-11-19(29)24-21-14-17-13-18(28-32-26(3,4)27(5,6)33-28)8-9-20(17)30(21)25(31-22(24)12-15)23-10-7-16(2)34-23/h7-14,25H,1-6H3. The Morgan fingerprint density at radius 3 is 2.35 bits per heavy atom. The average Bonchev–Trinajstić information content (AvgIpc) is 3.40. The second-order valence-electron chi connectivity index (χ2n) is 10.3. The molecule has 0 saturated carbocycles. The molecule has 1 fully saturated rings. The van der Waals surface area contributed by atoms with E-state index >= 15 is 4.39 Å². The van der Waals surface area contributed by atoms with E-state index in [9.17, 15) is 0 Å². The van der Waals surface area contributed by atoms with Crippen LogP contribution < -0.4 is 10.2 Å². The van der Waals surface area contributed by atoms with E-state index < -0.39 is 18.3 Å². The summed E-state index contributed by atoms with van der Waals surface area (Å²) < 4.78 is 36.3. The Morgan fingerprint density at radius 1 is 0.941 bits per heavy atom. The van der Waals surface area contributed by atoms with Crippen LogP contribution >= 0.6 is 11.3 Å². The summed E-state index contributed by atoms with van der Waals surface area (Å²) in [5.41, 5.74) is 3.26. The quantitative estimate of drug-likeness (QED) is 0.316. The van der Waals surface area contributed by atoms with Crippen molar-refractivity contribution in [3.05, 3.63) is 69.7 Å². The molecule has 1 unspecified atom stereocenters. The number of fused-ring (bicyclic) bond motifs is 5. The van der Waals surface area contributed by atoms with Gasteiger partial charge in [0.15, 0.2) is 0 Å². The molecule has 2 aromatic heterocycles. The van der Waals surface area contributed by atoms with Gasteiger partial charge in [0.2, 0.25) is 6.23 Å². The first kappa shape index (κ1) is 21.9. The molecule has 4 heterocycles. The number of ether oxygens (including phenoxy) is 1. The number of rotatable bonds is 2. The van der Waals surface area contributed by atoms with E-state index in [1.807, 2.05) is 19.1 Å². The second kappa shape index (κ2) is 7.20. The van der Waals surface area contributed by atoms with Crippen LogP contribution in [0, 0.1) is 19.7 Å². The van der Waals surface area contributed by atoms with E-state index in [1.54, 1.807) is 17.4 Å². The molecule has 2 aromatic carbocycles. The molecule has 6 rings (SSSR count). The normalized spacial score (nSPS) is 20.3. The van der Waals surface area contributed by atoms with E-state index in [1.165, 1.54) is 4.88 Å². The van der Waals surface area contributed by atoms with E-state index in [-0.39, 0.29) is 12.0 Å². The Balaban J connectivity index is 1.53. The number of nitrogens with zero attached hydrogens (tertiary/aromatic N) is 1. The predicted molar refractivity (Wildman–Crippen MR) is 136 cm³/mol. The fourth-order valence-electron chi connectivity index (χ4n) is 4.82. The molecule has 0 bridgehead atoms. The van der Waals surface area contributed by atoms with Crippen molar-refractivity contribution in [1.29, 1.82) is 0 Å². The van der Waals surface area contributed by atoms with Crippen molar-refractivity contribution in [2.75, 3.05) is 0 Å². The summed E-state index contributed by atoms with van der Waals surface area (Å²) >= 11 is 1.70. The lowest BCUT2D eigenvalue weighted by molar-refractivity contribution is 0.00578. The lowest BCUT2D eigenvalue weighted by atomic mass is 9.78. The SMILES string of the molecule is Cc1cc(F)c2c(c1)OC(c1ccc(C)s1)n1c-2cc2cc(B3OC(C)(C)C(C)(C)O3)ccc21. The van der Waals surface area contributed by atoms with Crippen molar-refractivity contribution >= 4 is 34.8 Å². The molecule has 4 nitrogen and oxygen atoms in total. The van der Waals surface area contributed by atoms with Crippen molar-refractivity contribution in [3.8, 4) is 17.0 Å². The van der Waals surface area contributed by atoms with E-state index in [0.29, 0.717) is 11.3 Å². The van der Waals surface area contributed by atoms with Crippen molar-refractivity contribution in [1.82, 2.24) is 4.57 Å². The van der Waals surface area contributed by atoms with Gasteiger partial charge in [-0.3, -0.25) is 4.57 Å². The fraction of sp³-hybridized carbons (Fsp3) is 0.333. The smallest absolute Gasteiger partial charge is 0.464 e. The first-order valence-corrected chi connectivity index (χ1v) is 12.4. The number of aromatic nitrogens is 1. The summed E-state index contributed by atoms with van der Waals surface area (Å²) in [6, 6.07) is 15.9. The number of benzene rings is 2. The van der Waals surface area contributed by atoms with Crippen LogP contribution in [0.4, 0.5) is 4.39 Å². The van der Waals surface area contributed by atoms with Gasteiger partial charge in [-0.15, -0.1) is 11.3 Å². The van der Waals surface area contributed by atoms with E-state index in [2.05, 4.69) is 69.5 Å². The highest BCUT2D eigenvalue weighted by Gasteiger charge is 2.51. The van der Waals surface area contributed by atoms with Gasteiger partial charge in [-0.05, 0) is 89.0 Å². The third-order valence-electron chi connectivity index (χ3n) is 7.32. The largest absolute Gasteiger partial charge is 0.494 e. The van der Waals surface area contributed by atoms with Gasteiger partial charge in [0, 0.05) is 10.3 Å². The number of hydrogen-bond donors (Lipinski definition) is 0. The molecule has 0 radical (unpaired) electrons. The molecule has 1 atom stereocenters. The highest BCUT2D eigenvalue weighted by molar-refractivity contribution is 7.12. The van der Waals surface area contributed by atoms with Crippen molar-refractivity contribution in [3.63, 3.8) is 0 Å². The van der Waals surface area contributed by atoms with Gasteiger partial charge in [0.05, 0.1) is 32.9 Å². The van der Waals surface area contributed by atoms with Crippen LogP contribution in [0.1, 0.15) is 49.2 Å². The molecule has 2 aliphatic heterocycles. The maximum atomic E-state index is 15.2. The highest BCUT2D eigenvalue weighted by Crippen LogP contribution is 2.46. The number of hydrogen-bond acceptors (Lipinski definition) is 4. The molecule has 0 amide bonds. The molecular weight excluding hydrogens is 448 g/mol. The summed E-state index contributed by atoms with van der Waals surface area (Å²) in [6.45, 7) is 12.2. The zero-order chi connectivity index (χ0) is 24.0. The maximum Gasteiger partial charge on any atom is 0.494 e. The Hall–Kier alpha value is -2.61. The number of halogens is 1. The Kier molecular flexibility index (Phi) is 4.64. The Morgan fingerprint density at radius 2 is 1.68 bits per heavy atom. The van der Waals surface area contributed by atoms with Crippen LogP contribution in [0.15, 0.2) is 48.5 Å². The van der Waals surface area contributed by atoms with Gasteiger partial charge < -0.3 is 14.0 Å². The monoisotopic (exact) mass is 475 g/mol. The molecular formula is C27H27BFNO3S. The average molecular weight is 475 g/mol. The second-order valence-corrected chi connectivity index (χ2v) is 11.7. The number of thiophene rings is 1. The van der Waals surface area contributed by atoms with Crippen LogP contribution in [0.2, 0.25) is 0 Å².